The minimum Gasteiger partial charge on any atom is -0.309 e. The Morgan fingerprint density at radius 3 is 1.62 bits per heavy atom. The Morgan fingerprint density at radius 2 is 0.942 bits per heavy atom. The minimum atomic E-state index is -0.120. The lowest BCUT2D eigenvalue weighted by Gasteiger charge is -2.21. The van der Waals surface area contributed by atoms with Gasteiger partial charge in [0.15, 0.2) is 17.5 Å². The van der Waals surface area contributed by atoms with Crippen LogP contribution in [0.4, 0.5) is 0 Å². The van der Waals surface area contributed by atoms with Crippen molar-refractivity contribution in [1.29, 1.82) is 0 Å². The van der Waals surface area contributed by atoms with E-state index in [0.29, 0.717) is 17.5 Å². The van der Waals surface area contributed by atoms with E-state index < -0.39 is 0 Å². The Hall–Kier alpha value is -6.65. The molecule has 2 aromatic heterocycles. The van der Waals surface area contributed by atoms with Crippen molar-refractivity contribution in [3.63, 3.8) is 0 Å². The van der Waals surface area contributed by atoms with Gasteiger partial charge in [-0.3, -0.25) is 0 Å². The van der Waals surface area contributed by atoms with E-state index in [9.17, 15) is 0 Å². The molecule has 9 aromatic rings. The predicted octanol–water partition coefficient (Wildman–Crippen LogP) is 11.9. The van der Waals surface area contributed by atoms with E-state index in [1.807, 2.05) is 60.7 Å². The highest BCUT2D eigenvalue weighted by Gasteiger charge is 2.36. The van der Waals surface area contributed by atoms with Crippen LogP contribution in [-0.2, 0) is 5.41 Å². The molecule has 52 heavy (non-hydrogen) atoms. The van der Waals surface area contributed by atoms with Crippen LogP contribution >= 0.6 is 0 Å². The highest BCUT2D eigenvalue weighted by molar-refractivity contribution is 6.12. The maximum atomic E-state index is 5.06. The first-order valence-corrected chi connectivity index (χ1v) is 17.8. The van der Waals surface area contributed by atoms with E-state index in [0.717, 1.165) is 27.9 Å². The van der Waals surface area contributed by atoms with Gasteiger partial charge in [-0.1, -0.05) is 153 Å². The summed E-state index contributed by atoms with van der Waals surface area (Å²) in [5.41, 5.74) is 13.9. The quantitative estimate of drug-likeness (QED) is 0.184. The van der Waals surface area contributed by atoms with Gasteiger partial charge in [0.05, 0.1) is 11.0 Å². The normalized spacial score (nSPS) is 13.0. The molecule has 1 aliphatic carbocycles. The fraction of sp³-hybridized carbons (Fsp3) is 0.0625. The molecule has 0 N–H and O–H groups in total. The molecule has 0 unspecified atom stereocenters. The molecule has 4 nitrogen and oxygen atoms in total. The van der Waals surface area contributed by atoms with Crippen LogP contribution in [0.15, 0.2) is 170 Å². The van der Waals surface area contributed by atoms with E-state index in [-0.39, 0.29) is 5.41 Å². The summed E-state index contributed by atoms with van der Waals surface area (Å²) in [4.78, 5) is 15.0. The molecule has 2 heterocycles. The summed E-state index contributed by atoms with van der Waals surface area (Å²) >= 11 is 0. The SMILES string of the molecule is CC1(C)c2ccccc2-c2cc3c4ccc(-c5ccccc5)cc4n(-c4cccc(-c5nc(-c6ccccc6)nc(-c6ccccc6)n5)c4)c3cc21. The van der Waals surface area contributed by atoms with Crippen LogP contribution in [0.3, 0.4) is 0 Å². The van der Waals surface area contributed by atoms with Gasteiger partial charge in [0.2, 0.25) is 0 Å². The summed E-state index contributed by atoms with van der Waals surface area (Å²) in [5.74, 6) is 1.94. The number of nitrogens with zero attached hydrogens (tertiary/aromatic N) is 4. The maximum absolute atomic E-state index is 5.06. The summed E-state index contributed by atoms with van der Waals surface area (Å²) in [6.07, 6.45) is 0. The molecular weight excluding hydrogens is 633 g/mol. The van der Waals surface area contributed by atoms with E-state index in [4.69, 9.17) is 15.0 Å². The van der Waals surface area contributed by atoms with Crippen LogP contribution in [0, 0.1) is 0 Å². The zero-order chi connectivity index (χ0) is 34.8. The smallest absolute Gasteiger partial charge is 0.164 e. The van der Waals surface area contributed by atoms with Crippen LogP contribution in [0.5, 0.6) is 0 Å². The van der Waals surface area contributed by atoms with Gasteiger partial charge in [0.1, 0.15) is 0 Å². The molecule has 246 valence electrons. The van der Waals surface area contributed by atoms with Gasteiger partial charge in [0.25, 0.3) is 0 Å². The van der Waals surface area contributed by atoms with Gasteiger partial charge in [-0.2, -0.15) is 0 Å². The molecular formula is C48H34N4. The lowest BCUT2D eigenvalue weighted by Crippen LogP contribution is -2.14. The topological polar surface area (TPSA) is 43.6 Å². The highest BCUT2D eigenvalue weighted by Crippen LogP contribution is 2.51. The van der Waals surface area contributed by atoms with Crippen molar-refractivity contribution in [1.82, 2.24) is 19.5 Å². The van der Waals surface area contributed by atoms with Crippen molar-refractivity contribution in [3.05, 3.63) is 181 Å². The highest BCUT2D eigenvalue weighted by atomic mass is 15.0. The first-order chi connectivity index (χ1) is 25.5. The fourth-order valence-electron chi connectivity index (χ4n) is 8.02. The first kappa shape index (κ1) is 30.2. The Morgan fingerprint density at radius 1 is 0.385 bits per heavy atom. The molecule has 4 heteroatoms. The lowest BCUT2D eigenvalue weighted by atomic mass is 9.82. The van der Waals surface area contributed by atoms with Gasteiger partial charge in [-0.05, 0) is 63.7 Å². The van der Waals surface area contributed by atoms with Crippen molar-refractivity contribution in [2.24, 2.45) is 0 Å². The second kappa shape index (κ2) is 11.7. The van der Waals surface area contributed by atoms with Crippen molar-refractivity contribution in [2.45, 2.75) is 19.3 Å². The summed E-state index contributed by atoms with van der Waals surface area (Å²) < 4.78 is 2.43. The van der Waals surface area contributed by atoms with Gasteiger partial charge in [-0.15, -0.1) is 0 Å². The van der Waals surface area contributed by atoms with Crippen molar-refractivity contribution < 1.29 is 0 Å². The van der Waals surface area contributed by atoms with E-state index in [1.165, 1.54) is 49.7 Å². The zero-order valence-corrected chi connectivity index (χ0v) is 29.0. The summed E-state index contributed by atoms with van der Waals surface area (Å²) in [7, 11) is 0. The van der Waals surface area contributed by atoms with E-state index >= 15 is 0 Å². The Kier molecular flexibility index (Phi) is 6.80. The van der Waals surface area contributed by atoms with Gasteiger partial charge in [-0.25, -0.2) is 15.0 Å². The lowest BCUT2D eigenvalue weighted by molar-refractivity contribution is 0.661. The van der Waals surface area contributed by atoms with Gasteiger partial charge < -0.3 is 4.57 Å². The molecule has 0 radical (unpaired) electrons. The Bertz CT molecular complexity index is 2740. The average molecular weight is 667 g/mol. The molecule has 0 spiro atoms. The Balaban J connectivity index is 1.22. The van der Waals surface area contributed by atoms with Crippen LogP contribution < -0.4 is 0 Å². The first-order valence-electron chi connectivity index (χ1n) is 17.8. The summed E-state index contributed by atoms with van der Waals surface area (Å²) in [5, 5.41) is 2.46. The standard InChI is InChI=1S/C48H34N4/c1-48(2)41-24-13-12-23-37(41)39-29-40-38-26-25-34(31-15-6-3-7-16-31)28-43(38)52(44(40)30-42(39)48)36-22-14-21-35(27-36)47-50-45(32-17-8-4-9-18-32)49-46(51-47)33-19-10-5-11-20-33/h3-30H,1-2H3. The second-order valence-electron chi connectivity index (χ2n) is 14.1. The van der Waals surface area contributed by atoms with Crippen LogP contribution in [0.25, 0.3) is 83.9 Å². The third-order valence-electron chi connectivity index (χ3n) is 10.6. The second-order valence-corrected chi connectivity index (χ2v) is 14.1. The van der Waals surface area contributed by atoms with E-state index in [1.54, 1.807) is 0 Å². The number of hydrogen-bond acceptors (Lipinski definition) is 3. The molecule has 1 aliphatic rings. The molecule has 10 rings (SSSR count). The van der Waals surface area contributed by atoms with Crippen LogP contribution in [-0.4, -0.2) is 19.5 Å². The third-order valence-corrected chi connectivity index (χ3v) is 10.6. The largest absolute Gasteiger partial charge is 0.309 e. The number of aromatic nitrogens is 4. The molecule has 7 aromatic carbocycles. The number of benzene rings is 7. The van der Waals surface area contributed by atoms with Crippen molar-refractivity contribution in [2.75, 3.05) is 0 Å². The fourth-order valence-corrected chi connectivity index (χ4v) is 8.02. The number of hydrogen-bond donors (Lipinski definition) is 0. The van der Waals surface area contributed by atoms with Crippen molar-refractivity contribution in [3.8, 4) is 62.1 Å². The molecule has 0 amide bonds. The predicted molar refractivity (Wildman–Crippen MR) is 213 cm³/mol. The molecule has 0 fully saturated rings. The zero-order valence-electron chi connectivity index (χ0n) is 29.0. The van der Waals surface area contributed by atoms with Gasteiger partial charge in [0, 0.05) is 38.6 Å². The Labute approximate surface area is 302 Å². The molecule has 0 saturated heterocycles. The minimum absolute atomic E-state index is 0.120. The monoisotopic (exact) mass is 666 g/mol. The molecule has 0 atom stereocenters. The molecule has 0 aliphatic heterocycles. The van der Waals surface area contributed by atoms with Crippen molar-refractivity contribution >= 4 is 21.8 Å². The molecule has 0 bridgehead atoms. The van der Waals surface area contributed by atoms with Crippen LogP contribution in [0.1, 0.15) is 25.0 Å². The van der Waals surface area contributed by atoms with Crippen LogP contribution in [0.2, 0.25) is 0 Å². The van der Waals surface area contributed by atoms with E-state index in [2.05, 4.69) is 128 Å². The number of rotatable bonds is 5. The summed E-state index contributed by atoms with van der Waals surface area (Å²) in [6, 6.07) is 60.2. The number of fused-ring (bicyclic) bond motifs is 6. The average Bonchev–Trinajstić information content (AvgIpc) is 3.65. The van der Waals surface area contributed by atoms with Gasteiger partial charge >= 0.3 is 0 Å². The third kappa shape index (κ3) is 4.79. The summed E-state index contributed by atoms with van der Waals surface area (Å²) in [6.45, 7) is 4.69. The molecule has 0 saturated carbocycles. The maximum Gasteiger partial charge on any atom is 0.164 e.